The predicted octanol–water partition coefficient (Wildman–Crippen LogP) is 1.96. The van der Waals surface area contributed by atoms with Crippen molar-refractivity contribution in [3.8, 4) is 0 Å². The van der Waals surface area contributed by atoms with E-state index >= 15 is 0 Å². The summed E-state index contributed by atoms with van der Waals surface area (Å²) in [7, 11) is 0. The van der Waals surface area contributed by atoms with Crippen molar-refractivity contribution in [3.05, 3.63) is 33.8 Å². The average Bonchev–Trinajstić information content (AvgIpc) is 3.17. The van der Waals surface area contributed by atoms with Gasteiger partial charge in [-0.3, -0.25) is 9.80 Å². The van der Waals surface area contributed by atoms with E-state index in [1.807, 2.05) is 18.2 Å². The second-order valence-electron chi connectivity index (χ2n) is 7.90. The first kappa shape index (κ1) is 21.2. The standard InChI is InChI=1S/C20H29Cl2N5O2/c1-20(27-7-11-29-12-8-27,14-26-5-9-28-10-6-26)25-19-23-13-17(24-19)18-15(21)3-2-4-16(18)22/h2-4,17H,5-14H2,1H3,(H2,23,24,25). The number of morpholine rings is 2. The van der Waals surface area contributed by atoms with E-state index < -0.39 is 0 Å². The van der Waals surface area contributed by atoms with Crippen LogP contribution in [0, 0.1) is 0 Å². The van der Waals surface area contributed by atoms with Gasteiger partial charge in [-0.2, -0.15) is 0 Å². The Morgan fingerprint density at radius 3 is 2.38 bits per heavy atom. The van der Waals surface area contributed by atoms with Gasteiger partial charge in [0.1, 0.15) is 5.66 Å². The molecule has 7 nitrogen and oxygen atoms in total. The minimum atomic E-state index is -0.272. The summed E-state index contributed by atoms with van der Waals surface area (Å²) in [5, 5.41) is 8.40. The largest absolute Gasteiger partial charge is 0.379 e. The summed E-state index contributed by atoms with van der Waals surface area (Å²) in [5.74, 6) is 0.785. The number of benzene rings is 1. The van der Waals surface area contributed by atoms with Crippen LogP contribution in [0.5, 0.6) is 0 Å². The maximum Gasteiger partial charge on any atom is 0.193 e. The molecule has 0 spiro atoms. The van der Waals surface area contributed by atoms with E-state index in [0.717, 1.165) is 70.7 Å². The van der Waals surface area contributed by atoms with Gasteiger partial charge in [0.15, 0.2) is 5.96 Å². The molecule has 0 saturated carbocycles. The van der Waals surface area contributed by atoms with Crippen LogP contribution in [-0.2, 0) is 9.47 Å². The maximum absolute atomic E-state index is 6.40. The number of hydrogen-bond donors (Lipinski definition) is 2. The number of hydrogen-bond acceptors (Lipinski definition) is 7. The van der Waals surface area contributed by atoms with Gasteiger partial charge in [-0.05, 0) is 19.1 Å². The molecular weight excluding hydrogens is 413 g/mol. The zero-order valence-corrected chi connectivity index (χ0v) is 18.3. The van der Waals surface area contributed by atoms with E-state index in [4.69, 9.17) is 37.7 Å². The Labute approximate surface area is 182 Å². The molecule has 0 aromatic heterocycles. The molecule has 2 unspecified atom stereocenters. The summed E-state index contributed by atoms with van der Waals surface area (Å²) in [6.45, 7) is 10.5. The molecule has 0 bridgehead atoms. The zero-order chi connectivity index (χ0) is 20.3. The van der Waals surface area contributed by atoms with Crippen LogP contribution in [0.2, 0.25) is 10.0 Å². The van der Waals surface area contributed by atoms with E-state index in [2.05, 4.69) is 27.4 Å². The summed E-state index contributed by atoms with van der Waals surface area (Å²) in [5.41, 5.74) is 0.605. The molecular formula is C20H29Cl2N5O2. The first-order valence-corrected chi connectivity index (χ1v) is 11.0. The van der Waals surface area contributed by atoms with Gasteiger partial charge in [0, 0.05) is 54.9 Å². The lowest BCUT2D eigenvalue weighted by molar-refractivity contribution is -0.0487. The monoisotopic (exact) mass is 441 g/mol. The van der Waals surface area contributed by atoms with Crippen molar-refractivity contribution in [2.75, 3.05) is 65.7 Å². The Morgan fingerprint density at radius 1 is 1.10 bits per heavy atom. The summed E-state index contributed by atoms with van der Waals surface area (Å²) < 4.78 is 11.1. The molecule has 1 aromatic carbocycles. The highest BCUT2D eigenvalue weighted by molar-refractivity contribution is 6.36. The first-order chi connectivity index (χ1) is 14.0. The van der Waals surface area contributed by atoms with E-state index in [9.17, 15) is 0 Å². The molecule has 4 rings (SSSR count). The fourth-order valence-corrected chi connectivity index (χ4v) is 4.89. The van der Waals surface area contributed by atoms with Gasteiger partial charge >= 0.3 is 0 Å². The third kappa shape index (κ3) is 4.98. The minimum Gasteiger partial charge on any atom is -0.379 e. The van der Waals surface area contributed by atoms with Gasteiger partial charge < -0.3 is 20.1 Å². The highest BCUT2D eigenvalue weighted by Crippen LogP contribution is 2.33. The molecule has 0 radical (unpaired) electrons. The lowest BCUT2D eigenvalue weighted by Crippen LogP contribution is -2.67. The van der Waals surface area contributed by atoms with Crippen molar-refractivity contribution in [1.82, 2.24) is 20.4 Å². The zero-order valence-electron chi connectivity index (χ0n) is 16.8. The topological polar surface area (TPSA) is 61.4 Å². The van der Waals surface area contributed by atoms with Crippen LogP contribution in [0.3, 0.4) is 0 Å². The van der Waals surface area contributed by atoms with Gasteiger partial charge in [-0.25, -0.2) is 4.99 Å². The van der Waals surface area contributed by atoms with Crippen LogP contribution >= 0.6 is 23.2 Å². The van der Waals surface area contributed by atoms with Gasteiger partial charge in [-0.15, -0.1) is 0 Å². The Balaban J connectivity index is 1.52. The third-order valence-corrected chi connectivity index (χ3v) is 6.47. The molecule has 2 N–H and O–H groups in total. The van der Waals surface area contributed by atoms with E-state index in [1.165, 1.54) is 0 Å². The van der Waals surface area contributed by atoms with Crippen LogP contribution in [0.4, 0.5) is 0 Å². The van der Waals surface area contributed by atoms with Gasteiger partial charge in [0.2, 0.25) is 0 Å². The molecule has 2 fully saturated rings. The molecule has 3 aliphatic rings. The number of halogens is 2. The van der Waals surface area contributed by atoms with Gasteiger partial charge in [0.05, 0.1) is 32.5 Å². The minimum absolute atomic E-state index is 0.101. The summed E-state index contributed by atoms with van der Waals surface area (Å²) in [4.78, 5) is 9.78. The lowest BCUT2D eigenvalue weighted by atomic mass is 10.1. The van der Waals surface area contributed by atoms with Crippen LogP contribution in [0.25, 0.3) is 0 Å². The summed E-state index contributed by atoms with van der Waals surface area (Å²) >= 11 is 12.8. The quantitative estimate of drug-likeness (QED) is 0.727. The van der Waals surface area contributed by atoms with Crippen molar-refractivity contribution in [2.24, 2.45) is 4.99 Å². The van der Waals surface area contributed by atoms with Gasteiger partial charge in [-0.1, -0.05) is 29.3 Å². The third-order valence-electron chi connectivity index (χ3n) is 5.81. The van der Waals surface area contributed by atoms with E-state index in [0.29, 0.717) is 16.6 Å². The predicted molar refractivity (Wildman–Crippen MR) is 116 cm³/mol. The molecule has 3 aliphatic heterocycles. The molecule has 0 aliphatic carbocycles. The fraction of sp³-hybridized carbons (Fsp3) is 0.650. The number of rotatable bonds is 5. The molecule has 1 aromatic rings. The van der Waals surface area contributed by atoms with Crippen molar-refractivity contribution in [1.29, 1.82) is 0 Å². The molecule has 2 saturated heterocycles. The van der Waals surface area contributed by atoms with Crippen LogP contribution < -0.4 is 10.6 Å². The Morgan fingerprint density at radius 2 is 1.72 bits per heavy atom. The highest BCUT2D eigenvalue weighted by atomic mass is 35.5. The normalized spacial score (nSPS) is 25.9. The summed E-state index contributed by atoms with van der Waals surface area (Å²) in [6.07, 6.45) is 0. The first-order valence-electron chi connectivity index (χ1n) is 10.2. The van der Waals surface area contributed by atoms with E-state index in [1.54, 1.807) is 0 Å². The van der Waals surface area contributed by atoms with Gasteiger partial charge in [0.25, 0.3) is 0 Å². The highest BCUT2D eigenvalue weighted by Gasteiger charge is 2.37. The second-order valence-corrected chi connectivity index (χ2v) is 8.71. The van der Waals surface area contributed by atoms with Crippen molar-refractivity contribution < 1.29 is 9.47 Å². The Bertz CT molecular complexity index is 717. The molecule has 2 atom stereocenters. The molecule has 0 amide bonds. The number of aliphatic imine (C=N–C) groups is 1. The lowest BCUT2D eigenvalue weighted by Gasteiger charge is -2.47. The SMILES string of the molecule is CC(CN1CCOCC1)(NC1=NC(c2c(Cl)cccc2Cl)CN1)N1CCOCC1. The maximum atomic E-state index is 6.40. The van der Waals surface area contributed by atoms with Crippen LogP contribution in [-0.4, -0.2) is 87.1 Å². The molecule has 9 heteroatoms. The Kier molecular flexibility index (Phi) is 6.83. The van der Waals surface area contributed by atoms with E-state index in [-0.39, 0.29) is 11.7 Å². The number of nitrogens with zero attached hydrogens (tertiary/aromatic N) is 3. The Hall–Kier alpha value is -1.09. The second kappa shape index (κ2) is 9.37. The fourth-order valence-electron chi connectivity index (χ4n) is 4.24. The van der Waals surface area contributed by atoms with Crippen molar-refractivity contribution >= 4 is 29.2 Å². The number of nitrogens with one attached hydrogen (secondary N) is 2. The number of ether oxygens (including phenoxy) is 2. The number of guanidine groups is 1. The average molecular weight is 442 g/mol. The molecule has 160 valence electrons. The van der Waals surface area contributed by atoms with Crippen molar-refractivity contribution in [2.45, 2.75) is 18.6 Å². The smallest absolute Gasteiger partial charge is 0.193 e. The van der Waals surface area contributed by atoms with Crippen LogP contribution in [0.15, 0.2) is 23.2 Å². The van der Waals surface area contributed by atoms with Crippen LogP contribution in [0.1, 0.15) is 18.5 Å². The molecule has 29 heavy (non-hydrogen) atoms. The summed E-state index contributed by atoms with van der Waals surface area (Å²) in [6, 6.07) is 5.48. The molecule has 3 heterocycles. The van der Waals surface area contributed by atoms with Crippen molar-refractivity contribution in [3.63, 3.8) is 0 Å².